The number of hydrogen-bond donors (Lipinski definition) is 0. The molecule has 1 saturated heterocycles. The molecule has 2 atom stereocenters. The predicted molar refractivity (Wildman–Crippen MR) is 40.4 cm³/mol. The van der Waals surface area contributed by atoms with Crippen LogP contribution >= 0.6 is 0 Å². The molecule has 3 heteroatoms. The molecule has 0 amide bonds. The lowest BCUT2D eigenvalue weighted by molar-refractivity contribution is -0.180. The first-order chi connectivity index (χ1) is 5.24. The summed E-state index contributed by atoms with van der Waals surface area (Å²) in [7, 11) is 0. The summed E-state index contributed by atoms with van der Waals surface area (Å²) >= 11 is 0. The minimum absolute atomic E-state index is 0.0795. The van der Waals surface area contributed by atoms with Crippen molar-refractivity contribution in [3.63, 3.8) is 0 Å². The minimum Gasteiger partial charge on any atom is -0.373 e. The van der Waals surface area contributed by atoms with E-state index in [1.807, 2.05) is 6.92 Å². The Bertz CT molecular complexity index is 165. The first-order valence-electron chi connectivity index (χ1n) is 3.62. The molecular formula is C8H12O3. The molecule has 0 N–H and O–H groups in total. The lowest BCUT2D eigenvalue weighted by atomic mass is 10.1. The van der Waals surface area contributed by atoms with Crippen LogP contribution in [0, 0.1) is 0 Å². The van der Waals surface area contributed by atoms with E-state index in [0.717, 1.165) is 0 Å². The molecule has 62 valence electrons. The summed E-state index contributed by atoms with van der Waals surface area (Å²) in [4.78, 5) is 10.7. The van der Waals surface area contributed by atoms with Gasteiger partial charge in [-0.3, -0.25) is 4.79 Å². The maximum absolute atomic E-state index is 10.7. The van der Waals surface area contributed by atoms with Crippen LogP contribution in [-0.2, 0) is 14.3 Å². The topological polar surface area (TPSA) is 35.5 Å². The van der Waals surface area contributed by atoms with Crippen molar-refractivity contribution in [3.8, 4) is 0 Å². The van der Waals surface area contributed by atoms with Crippen molar-refractivity contribution in [1.82, 2.24) is 0 Å². The molecule has 2 unspecified atom stereocenters. The summed E-state index contributed by atoms with van der Waals surface area (Å²) in [6.45, 7) is 5.99. The molecule has 0 saturated carbocycles. The Kier molecular flexibility index (Phi) is 2.79. The lowest BCUT2D eigenvalue weighted by Gasteiger charge is -2.33. The second kappa shape index (κ2) is 3.64. The van der Waals surface area contributed by atoms with Gasteiger partial charge >= 0.3 is 0 Å². The van der Waals surface area contributed by atoms with Gasteiger partial charge in [-0.05, 0) is 13.0 Å². The highest BCUT2D eigenvalue weighted by atomic mass is 16.6. The molecule has 1 aliphatic heterocycles. The first-order valence-corrected chi connectivity index (χ1v) is 3.62. The van der Waals surface area contributed by atoms with E-state index in [2.05, 4.69) is 6.58 Å². The smallest absolute Gasteiger partial charge is 0.180 e. The molecule has 0 aromatic rings. The summed E-state index contributed by atoms with van der Waals surface area (Å²) in [6, 6.07) is 0. The van der Waals surface area contributed by atoms with E-state index in [4.69, 9.17) is 9.47 Å². The molecule has 0 radical (unpaired) electrons. The summed E-state index contributed by atoms with van der Waals surface area (Å²) in [5.41, 5.74) is 0. The normalized spacial score (nSPS) is 29.2. The Labute approximate surface area is 66.0 Å². The van der Waals surface area contributed by atoms with E-state index in [1.54, 1.807) is 0 Å². The Morgan fingerprint density at radius 1 is 1.91 bits per heavy atom. The van der Waals surface area contributed by atoms with Crippen LogP contribution in [0.1, 0.15) is 6.92 Å². The minimum atomic E-state index is -0.0795. The van der Waals surface area contributed by atoms with Gasteiger partial charge < -0.3 is 9.47 Å². The third-order valence-electron chi connectivity index (χ3n) is 1.71. The van der Waals surface area contributed by atoms with E-state index in [1.165, 1.54) is 6.08 Å². The molecule has 1 fully saturated rings. The standard InChI is InChI=1S/C8H12O3/c1-3-7(9)4-11-8-5-10-6(8)2/h3,6,8H,1,4-5H2,2H3. The molecule has 0 aromatic heterocycles. The first kappa shape index (κ1) is 8.43. The molecule has 0 aromatic carbocycles. The third kappa shape index (κ3) is 2.13. The molecule has 0 bridgehead atoms. The van der Waals surface area contributed by atoms with Crippen LogP contribution in [0.2, 0.25) is 0 Å². The van der Waals surface area contributed by atoms with Crippen LogP contribution in [0.5, 0.6) is 0 Å². The van der Waals surface area contributed by atoms with Gasteiger partial charge in [0, 0.05) is 0 Å². The predicted octanol–water partition coefficient (Wildman–Crippen LogP) is 0.545. The fourth-order valence-electron chi connectivity index (χ4n) is 0.799. The van der Waals surface area contributed by atoms with Crippen LogP contribution in [0.3, 0.4) is 0 Å². The second-order valence-electron chi connectivity index (χ2n) is 2.56. The van der Waals surface area contributed by atoms with Crippen molar-refractivity contribution in [1.29, 1.82) is 0 Å². The number of carbonyl (C=O) groups excluding carboxylic acids is 1. The van der Waals surface area contributed by atoms with Gasteiger partial charge in [0.2, 0.25) is 0 Å². The summed E-state index contributed by atoms with van der Waals surface area (Å²) in [5, 5.41) is 0. The number of ketones is 1. The fourth-order valence-corrected chi connectivity index (χ4v) is 0.799. The SMILES string of the molecule is C=CC(=O)COC1COC1C. The molecule has 11 heavy (non-hydrogen) atoms. The zero-order valence-electron chi connectivity index (χ0n) is 6.58. The van der Waals surface area contributed by atoms with E-state index in [0.29, 0.717) is 6.61 Å². The van der Waals surface area contributed by atoms with E-state index >= 15 is 0 Å². The lowest BCUT2D eigenvalue weighted by Crippen LogP contribution is -2.45. The van der Waals surface area contributed by atoms with Crippen molar-refractivity contribution < 1.29 is 14.3 Å². The van der Waals surface area contributed by atoms with Gasteiger partial charge in [0.15, 0.2) is 5.78 Å². The van der Waals surface area contributed by atoms with E-state index in [-0.39, 0.29) is 24.6 Å². The van der Waals surface area contributed by atoms with Crippen molar-refractivity contribution in [2.45, 2.75) is 19.1 Å². The zero-order chi connectivity index (χ0) is 8.27. The van der Waals surface area contributed by atoms with Gasteiger partial charge in [0.05, 0.1) is 12.7 Å². The molecule has 0 spiro atoms. The zero-order valence-corrected chi connectivity index (χ0v) is 6.58. The number of ether oxygens (including phenoxy) is 2. The second-order valence-corrected chi connectivity index (χ2v) is 2.56. The van der Waals surface area contributed by atoms with Gasteiger partial charge in [-0.2, -0.15) is 0 Å². The van der Waals surface area contributed by atoms with Crippen molar-refractivity contribution in [2.75, 3.05) is 13.2 Å². The van der Waals surface area contributed by atoms with Gasteiger partial charge in [-0.25, -0.2) is 0 Å². The van der Waals surface area contributed by atoms with Gasteiger partial charge in [-0.15, -0.1) is 0 Å². The maximum Gasteiger partial charge on any atom is 0.180 e. The van der Waals surface area contributed by atoms with Gasteiger partial charge in [0.25, 0.3) is 0 Å². The Morgan fingerprint density at radius 2 is 2.64 bits per heavy atom. The van der Waals surface area contributed by atoms with Gasteiger partial charge in [0.1, 0.15) is 12.7 Å². The highest BCUT2D eigenvalue weighted by Gasteiger charge is 2.28. The fraction of sp³-hybridized carbons (Fsp3) is 0.625. The Hall–Kier alpha value is -0.670. The van der Waals surface area contributed by atoms with Crippen LogP contribution in [-0.4, -0.2) is 31.2 Å². The quantitative estimate of drug-likeness (QED) is 0.557. The highest BCUT2D eigenvalue weighted by molar-refractivity contribution is 5.90. The third-order valence-corrected chi connectivity index (χ3v) is 1.71. The molecule has 1 aliphatic rings. The van der Waals surface area contributed by atoms with Crippen molar-refractivity contribution >= 4 is 5.78 Å². The summed E-state index contributed by atoms with van der Waals surface area (Å²) in [6.07, 6.45) is 1.50. The van der Waals surface area contributed by atoms with E-state index in [9.17, 15) is 4.79 Å². The molecule has 0 aliphatic carbocycles. The molecular weight excluding hydrogens is 144 g/mol. The summed E-state index contributed by atoms with van der Waals surface area (Å²) < 4.78 is 10.2. The molecule has 1 heterocycles. The average molecular weight is 156 g/mol. The van der Waals surface area contributed by atoms with Crippen molar-refractivity contribution in [2.24, 2.45) is 0 Å². The van der Waals surface area contributed by atoms with Crippen molar-refractivity contribution in [3.05, 3.63) is 12.7 Å². The summed E-state index contributed by atoms with van der Waals surface area (Å²) in [5.74, 6) is -0.0795. The van der Waals surface area contributed by atoms with Crippen LogP contribution in [0.25, 0.3) is 0 Å². The Morgan fingerprint density at radius 3 is 3.00 bits per heavy atom. The van der Waals surface area contributed by atoms with E-state index < -0.39 is 0 Å². The number of hydrogen-bond acceptors (Lipinski definition) is 3. The monoisotopic (exact) mass is 156 g/mol. The molecule has 3 nitrogen and oxygen atoms in total. The van der Waals surface area contributed by atoms with Crippen LogP contribution in [0.4, 0.5) is 0 Å². The van der Waals surface area contributed by atoms with Crippen LogP contribution in [0.15, 0.2) is 12.7 Å². The number of carbonyl (C=O) groups is 1. The molecule has 1 rings (SSSR count). The number of rotatable bonds is 4. The largest absolute Gasteiger partial charge is 0.373 e. The van der Waals surface area contributed by atoms with Crippen LogP contribution < -0.4 is 0 Å². The average Bonchev–Trinajstić information content (AvgIpc) is 2.01. The maximum atomic E-state index is 10.7. The highest BCUT2D eigenvalue weighted by Crippen LogP contribution is 2.14. The van der Waals surface area contributed by atoms with Gasteiger partial charge in [-0.1, -0.05) is 6.58 Å². The Balaban J connectivity index is 2.12.